The third kappa shape index (κ3) is 5.75. The fraction of sp³-hybridized carbons (Fsp3) is 0.947. The van der Waals surface area contributed by atoms with Gasteiger partial charge in [-0.3, -0.25) is 4.79 Å². The second-order valence-corrected chi connectivity index (χ2v) is 8.19. The van der Waals surface area contributed by atoms with Crippen molar-refractivity contribution in [2.75, 3.05) is 0 Å². The molecule has 23 heavy (non-hydrogen) atoms. The first-order chi connectivity index (χ1) is 11.0. The SMILES string of the molecule is CC(C)[C@H](C[C@H](O)C(N)CC1CCCCC1)C(=O)NC1CCC1. The van der Waals surface area contributed by atoms with Crippen molar-refractivity contribution >= 4 is 5.91 Å². The van der Waals surface area contributed by atoms with Crippen molar-refractivity contribution in [2.45, 2.75) is 96.2 Å². The predicted octanol–water partition coefficient (Wildman–Crippen LogP) is 2.98. The highest BCUT2D eigenvalue weighted by Gasteiger charge is 2.31. The lowest BCUT2D eigenvalue weighted by atomic mass is 9.81. The van der Waals surface area contributed by atoms with Gasteiger partial charge in [0.1, 0.15) is 0 Å². The van der Waals surface area contributed by atoms with Gasteiger partial charge < -0.3 is 16.2 Å². The minimum Gasteiger partial charge on any atom is -0.391 e. The highest BCUT2D eigenvalue weighted by atomic mass is 16.3. The molecule has 0 aromatic carbocycles. The number of nitrogens with one attached hydrogen (secondary N) is 1. The van der Waals surface area contributed by atoms with Crippen molar-refractivity contribution in [3.05, 3.63) is 0 Å². The summed E-state index contributed by atoms with van der Waals surface area (Å²) >= 11 is 0. The first-order valence-corrected chi connectivity index (χ1v) is 9.71. The van der Waals surface area contributed by atoms with Gasteiger partial charge in [0.2, 0.25) is 5.91 Å². The van der Waals surface area contributed by atoms with Crippen LogP contribution in [-0.4, -0.2) is 29.2 Å². The van der Waals surface area contributed by atoms with Crippen LogP contribution in [-0.2, 0) is 4.79 Å². The van der Waals surface area contributed by atoms with Crippen molar-refractivity contribution < 1.29 is 9.90 Å². The zero-order chi connectivity index (χ0) is 16.8. The average Bonchev–Trinajstić information content (AvgIpc) is 2.48. The first-order valence-electron chi connectivity index (χ1n) is 9.71. The molecule has 0 heterocycles. The summed E-state index contributed by atoms with van der Waals surface area (Å²) in [6, 6.07) is 0.160. The molecule has 3 atom stereocenters. The molecule has 1 unspecified atom stereocenters. The summed E-state index contributed by atoms with van der Waals surface area (Å²) in [5, 5.41) is 13.6. The zero-order valence-corrected chi connectivity index (χ0v) is 15.0. The smallest absolute Gasteiger partial charge is 0.223 e. The molecule has 2 fully saturated rings. The Balaban J connectivity index is 1.80. The van der Waals surface area contributed by atoms with Crippen LogP contribution in [0.25, 0.3) is 0 Å². The average molecular weight is 325 g/mol. The summed E-state index contributed by atoms with van der Waals surface area (Å²) in [7, 11) is 0. The maximum absolute atomic E-state index is 12.5. The molecule has 4 N–H and O–H groups in total. The Kier molecular flexibility index (Phi) is 7.35. The molecule has 0 aromatic heterocycles. The Bertz CT molecular complexity index is 362. The van der Waals surface area contributed by atoms with Crippen LogP contribution in [0.5, 0.6) is 0 Å². The minimum atomic E-state index is -0.573. The molecule has 0 radical (unpaired) electrons. The fourth-order valence-electron chi connectivity index (χ4n) is 3.94. The van der Waals surface area contributed by atoms with E-state index in [1.54, 1.807) is 0 Å². The van der Waals surface area contributed by atoms with Gasteiger partial charge in [0.15, 0.2) is 0 Å². The Morgan fingerprint density at radius 3 is 2.30 bits per heavy atom. The van der Waals surface area contributed by atoms with E-state index in [4.69, 9.17) is 5.73 Å². The van der Waals surface area contributed by atoms with Gasteiger partial charge in [0.05, 0.1) is 6.10 Å². The van der Waals surface area contributed by atoms with E-state index in [-0.39, 0.29) is 23.8 Å². The second kappa shape index (κ2) is 9.03. The Morgan fingerprint density at radius 1 is 1.13 bits per heavy atom. The molecule has 2 rings (SSSR count). The van der Waals surface area contributed by atoms with Crippen LogP contribution >= 0.6 is 0 Å². The van der Waals surface area contributed by atoms with E-state index in [1.165, 1.54) is 38.5 Å². The van der Waals surface area contributed by atoms with E-state index in [0.29, 0.717) is 18.4 Å². The summed E-state index contributed by atoms with van der Waals surface area (Å²) in [5.74, 6) is 0.859. The lowest BCUT2D eigenvalue weighted by Gasteiger charge is -2.32. The number of aliphatic hydroxyl groups excluding tert-OH is 1. The van der Waals surface area contributed by atoms with E-state index >= 15 is 0 Å². The molecule has 4 nitrogen and oxygen atoms in total. The minimum absolute atomic E-state index is 0.105. The third-order valence-electron chi connectivity index (χ3n) is 5.91. The molecule has 0 spiro atoms. The third-order valence-corrected chi connectivity index (χ3v) is 5.91. The summed E-state index contributed by atoms with van der Waals surface area (Å²) in [6.45, 7) is 4.12. The van der Waals surface area contributed by atoms with Crippen molar-refractivity contribution in [1.29, 1.82) is 0 Å². The summed E-state index contributed by atoms with van der Waals surface area (Å²) in [4.78, 5) is 12.5. The van der Waals surface area contributed by atoms with Crippen molar-refractivity contribution in [3.63, 3.8) is 0 Å². The molecule has 0 aromatic rings. The van der Waals surface area contributed by atoms with E-state index in [9.17, 15) is 9.90 Å². The highest BCUT2D eigenvalue weighted by molar-refractivity contribution is 5.79. The monoisotopic (exact) mass is 324 g/mol. The largest absolute Gasteiger partial charge is 0.391 e. The Morgan fingerprint density at radius 2 is 1.78 bits per heavy atom. The van der Waals surface area contributed by atoms with Crippen LogP contribution in [0, 0.1) is 17.8 Å². The summed E-state index contributed by atoms with van der Waals surface area (Å²) in [5.41, 5.74) is 6.25. The second-order valence-electron chi connectivity index (χ2n) is 8.19. The standard InChI is InChI=1S/C19H36N2O2/c1-13(2)16(19(23)21-15-9-6-10-15)12-18(22)17(20)11-14-7-4-3-5-8-14/h13-18,22H,3-12,20H2,1-2H3,(H,21,23)/t16-,17?,18-/m0/s1. The Labute approximate surface area is 141 Å². The molecule has 0 bridgehead atoms. The van der Waals surface area contributed by atoms with Crippen LogP contribution in [0.4, 0.5) is 0 Å². The summed E-state index contributed by atoms with van der Waals surface area (Å²) < 4.78 is 0. The topological polar surface area (TPSA) is 75.3 Å². The van der Waals surface area contributed by atoms with Gasteiger partial charge in [-0.2, -0.15) is 0 Å². The van der Waals surface area contributed by atoms with Gasteiger partial charge in [-0.1, -0.05) is 46.0 Å². The molecule has 2 saturated carbocycles. The normalized spacial score (nSPS) is 24.0. The first kappa shape index (κ1) is 18.7. The number of hydrogen-bond donors (Lipinski definition) is 3. The summed E-state index contributed by atoms with van der Waals surface area (Å²) in [6.07, 6.45) is 10.7. The molecule has 0 saturated heterocycles. The fourth-order valence-corrected chi connectivity index (χ4v) is 3.94. The van der Waals surface area contributed by atoms with Gasteiger partial charge >= 0.3 is 0 Å². The van der Waals surface area contributed by atoms with E-state index in [1.807, 2.05) is 0 Å². The van der Waals surface area contributed by atoms with E-state index in [0.717, 1.165) is 19.3 Å². The van der Waals surface area contributed by atoms with E-state index < -0.39 is 6.10 Å². The number of amides is 1. The van der Waals surface area contributed by atoms with Crippen LogP contribution in [0.1, 0.15) is 78.1 Å². The molecule has 134 valence electrons. The quantitative estimate of drug-likeness (QED) is 0.642. The van der Waals surface area contributed by atoms with Crippen molar-refractivity contribution in [1.82, 2.24) is 5.32 Å². The lowest BCUT2D eigenvalue weighted by molar-refractivity contribution is -0.129. The van der Waals surface area contributed by atoms with Gasteiger partial charge in [0.25, 0.3) is 0 Å². The molecular weight excluding hydrogens is 288 g/mol. The number of rotatable bonds is 8. The number of carbonyl (C=O) groups is 1. The molecule has 4 heteroatoms. The van der Waals surface area contributed by atoms with Crippen molar-refractivity contribution in [3.8, 4) is 0 Å². The highest BCUT2D eigenvalue weighted by Crippen LogP contribution is 2.29. The molecule has 0 aliphatic heterocycles. The molecular formula is C19H36N2O2. The molecule has 2 aliphatic carbocycles. The van der Waals surface area contributed by atoms with Crippen LogP contribution in [0.3, 0.4) is 0 Å². The van der Waals surface area contributed by atoms with E-state index in [2.05, 4.69) is 19.2 Å². The Hall–Kier alpha value is -0.610. The molecule has 2 aliphatic rings. The number of hydrogen-bond acceptors (Lipinski definition) is 3. The maximum Gasteiger partial charge on any atom is 0.223 e. The molecule has 1 amide bonds. The van der Waals surface area contributed by atoms with Gasteiger partial charge in [-0.05, 0) is 43.9 Å². The van der Waals surface area contributed by atoms with Crippen LogP contribution in [0.2, 0.25) is 0 Å². The van der Waals surface area contributed by atoms with Gasteiger partial charge in [-0.15, -0.1) is 0 Å². The van der Waals surface area contributed by atoms with Crippen molar-refractivity contribution in [2.24, 2.45) is 23.5 Å². The predicted molar refractivity (Wildman–Crippen MR) is 93.9 cm³/mol. The number of carbonyl (C=O) groups excluding carboxylic acids is 1. The number of nitrogens with two attached hydrogens (primary N) is 1. The lowest BCUT2D eigenvalue weighted by Crippen LogP contribution is -2.46. The number of aliphatic hydroxyl groups is 1. The maximum atomic E-state index is 12.5. The van der Waals surface area contributed by atoms with Gasteiger partial charge in [0, 0.05) is 18.0 Å². The zero-order valence-electron chi connectivity index (χ0n) is 15.0. The van der Waals surface area contributed by atoms with Gasteiger partial charge in [-0.25, -0.2) is 0 Å². The van der Waals surface area contributed by atoms with Crippen LogP contribution < -0.4 is 11.1 Å². The van der Waals surface area contributed by atoms with Crippen LogP contribution in [0.15, 0.2) is 0 Å².